The van der Waals surface area contributed by atoms with Crippen LogP contribution in [0.15, 0.2) is 0 Å². The summed E-state index contributed by atoms with van der Waals surface area (Å²) in [7, 11) is 0. The van der Waals surface area contributed by atoms with Gasteiger partial charge < -0.3 is 15.5 Å². The van der Waals surface area contributed by atoms with E-state index in [2.05, 4.69) is 5.32 Å². The van der Waals surface area contributed by atoms with Crippen LogP contribution < -0.4 is 5.32 Å². The van der Waals surface area contributed by atoms with Gasteiger partial charge in [-0.2, -0.15) is 0 Å². The summed E-state index contributed by atoms with van der Waals surface area (Å²) >= 11 is 0. The Balaban J connectivity index is 1.63. The van der Waals surface area contributed by atoms with E-state index >= 15 is 0 Å². The lowest BCUT2D eigenvalue weighted by atomic mass is 9.84. The summed E-state index contributed by atoms with van der Waals surface area (Å²) in [5, 5.41) is 23.1. The van der Waals surface area contributed by atoms with Crippen molar-refractivity contribution in [2.45, 2.75) is 56.6 Å². The van der Waals surface area contributed by atoms with Gasteiger partial charge in [0.25, 0.3) is 0 Å². The number of aliphatic carboxylic acids is 1. The maximum Gasteiger partial charge on any atom is 0.308 e. The molecule has 102 valence electrons. The smallest absolute Gasteiger partial charge is 0.308 e. The third-order valence-electron chi connectivity index (χ3n) is 5.40. The first-order chi connectivity index (χ1) is 8.59. The van der Waals surface area contributed by atoms with E-state index in [9.17, 15) is 15.0 Å². The number of carbonyl (C=O) groups is 1. The number of carboxylic acids is 1. The maximum atomic E-state index is 11.4. The first-order valence-corrected chi connectivity index (χ1v) is 7.28. The van der Waals surface area contributed by atoms with Gasteiger partial charge in [0.1, 0.15) is 0 Å². The molecule has 4 nitrogen and oxygen atoms in total. The molecule has 0 aromatic heterocycles. The van der Waals surface area contributed by atoms with Crippen molar-refractivity contribution in [1.82, 2.24) is 5.32 Å². The topological polar surface area (TPSA) is 69.6 Å². The van der Waals surface area contributed by atoms with Gasteiger partial charge in [-0.15, -0.1) is 0 Å². The van der Waals surface area contributed by atoms with Gasteiger partial charge >= 0.3 is 5.97 Å². The van der Waals surface area contributed by atoms with Crippen LogP contribution in [0, 0.1) is 17.8 Å². The Kier molecular flexibility index (Phi) is 3.10. The molecule has 0 saturated heterocycles. The summed E-state index contributed by atoms with van der Waals surface area (Å²) < 4.78 is 0. The minimum Gasteiger partial charge on any atom is -0.481 e. The highest BCUT2D eigenvalue weighted by Crippen LogP contribution is 2.48. The number of carboxylic acid groups (broad SMARTS) is 1. The zero-order chi connectivity index (χ0) is 12.8. The minimum atomic E-state index is -0.655. The highest BCUT2D eigenvalue weighted by atomic mass is 16.4. The highest BCUT2D eigenvalue weighted by Gasteiger charge is 2.51. The molecule has 0 heterocycles. The van der Waals surface area contributed by atoms with Crippen molar-refractivity contribution < 1.29 is 15.0 Å². The molecule has 3 rings (SSSR count). The molecule has 0 amide bonds. The van der Waals surface area contributed by atoms with Crippen molar-refractivity contribution >= 4 is 5.97 Å². The van der Waals surface area contributed by atoms with Crippen LogP contribution in [0.5, 0.6) is 0 Å². The second kappa shape index (κ2) is 4.49. The Morgan fingerprint density at radius 3 is 2.56 bits per heavy atom. The third kappa shape index (κ3) is 2.05. The number of aliphatic hydroxyl groups is 1. The van der Waals surface area contributed by atoms with Crippen LogP contribution in [0.3, 0.4) is 0 Å². The van der Waals surface area contributed by atoms with Gasteiger partial charge in [-0.05, 0) is 43.9 Å². The molecule has 4 heteroatoms. The van der Waals surface area contributed by atoms with E-state index in [4.69, 9.17) is 0 Å². The fourth-order valence-electron chi connectivity index (χ4n) is 4.46. The van der Waals surface area contributed by atoms with Crippen molar-refractivity contribution in [3.05, 3.63) is 0 Å². The number of fused-ring (bicyclic) bond motifs is 2. The zero-order valence-electron chi connectivity index (χ0n) is 10.8. The summed E-state index contributed by atoms with van der Waals surface area (Å²) in [6.45, 7) is 0.574. The van der Waals surface area contributed by atoms with Crippen LogP contribution in [0.1, 0.15) is 44.9 Å². The molecular weight excluding hydrogens is 230 g/mol. The normalized spacial score (nSPS) is 41.4. The van der Waals surface area contributed by atoms with Crippen molar-refractivity contribution in [3.63, 3.8) is 0 Å². The van der Waals surface area contributed by atoms with Crippen molar-refractivity contribution in [2.75, 3.05) is 6.54 Å². The highest BCUT2D eigenvalue weighted by molar-refractivity contribution is 5.72. The van der Waals surface area contributed by atoms with Crippen LogP contribution >= 0.6 is 0 Å². The molecule has 0 aromatic rings. The second-order valence-electron chi connectivity index (χ2n) is 6.54. The van der Waals surface area contributed by atoms with Gasteiger partial charge in [-0.25, -0.2) is 0 Å². The van der Waals surface area contributed by atoms with Crippen LogP contribution in [-0.2, 0) is 4.79 Å². The first kappa shape index (κ1) is 12.4. The fourth-order valence-corrected chi connectivity index (χ4v) is 4.46. The summed E-state index contributed by atoms with van der Waals surface area (Å²) in [6, 6.07) is 0.0888. The molecule has 3 N–H and O–H groups in total. The molecule has 0 aliphatic heterocycles. The van der Waals surface area contributed by atoms with Crippen LogP contribution in [-0.4, -0.2) is 34.4 Å². The average Bonchev–Trinajstić information content (AvgIpc) is 3.00. The van der Waals surface area contributed by atoms with Crippen LogP contribution in [0.4, 0.5) is 0 Å². The summed E-state index contributed by atoms with van der Waals surface area (Å²) in [4.78, 5) is 11.4. The van der Waals surface area contributed by atoms with E-state index < -0.39 is 11.6 Å². The SMILES string of the molecule is O=C(O)C1C2CCC(C2)C1NCC1(O)CCCC1. The molecule has 0 spiro atoms. The van der Waals surface area contributed by atoms with E-state index in [0.717, 1.165) is 44.9 Å². The third-order valence-corrected chi connectivity index (χ3v) is 5.40. The van der Waals surface area contributed by atoms with Crippen LogP contribution in [0.25, 0.3) is 0 Å². The number of rotatable bonds is 4. The molecule has 18 heavy (non-hydrogen) atoms. The van der Waals surface area contributed by atoms with Gasteiger partial charge in [-0.1, -0.05) is 12.8 Å². The van der Waals surface area contributed by atoms with E-state index in [1.54, 1.807) is 0 Å². The van der Waals surface area contributed by atoms with Crippen LogP contribution in [0.2, 0.25) is 0 Å². The Hall–Kier alpha value is -0.610. The molecule has 4 unspecified atom stereocenters. The van der Waals surface area contributed by atoms with E-state index in [0.29, 0.717) is 18.4 Å². The molecular formula is C14H23NO3. The minimum absolute atomic E-state index is 0.0888. The Morgan fingerprint density at radius 1 is 1.22 bits per heavy atom. The molecule has 3 aliphatic carbocycles. The van der Waals surface area contributed by atoms with Gasteiger partial charge in [0, 0.05) is 12.6 Å². The quantitative estimate of drug-likeness (QED) is 0.708. The van der Waals surface area contributed by atoms with Gasteiger partial charge in [-0.3, -0.25) is 4.79 Å². The number of hydrogen-bond donors (Lipinski definition) is 3. The predicted octanol–water partition coefficient (Wildman–Crippen LogP) is 1.38. The molecule has 0 aromatic carbocycles. The second-order valence-corrected chi connectivity index (χ2v) is 6.54. The van der Waals surface area contributed by atoms with Gasteiger partial charge in [0.2, 0.25) is 0 Å². The monoisotopic (exact) mass is 253 g/mol. The molecule has 3 aliphatic rings. The maximum absolute atomic E-state index is 11.4. The summed E-state index contributed by atoms with van der Waals surface area (Å²) in [6.07, 6.45) is 7.20. The average molecular weight is 253 g/mol. The van der Waals surface area contributed by atoms with Gasteiger partial charge in [0.05, 0.1) is 11.5 Å². The summed E-state index contributed by atoms with van der Waals surface area (Å²) in [5.41, 5.74) is -0.578. The number of nitrogens with one attached hydrogen (secondary N) is 1. The molecule has 3 saturated carbocycles. The predicted molar refractivity (Wildman–Crippen MR) is 67.2 cm³/mol. The Bertz CT molecular complexity index is 338. The van der Waals surface area contributed by atoms with E-state index in [1.807, 2.05) is 0 Å². The lowest BCUT2D eigenvalue weighted by Crippen LogP contribution is -2.49. The zero-order valence-corrected chi connectivity index (χ0v) is 10.8. The van der Waals surface area contributed by atoms with Gasteiger partial charge in [0.15, 0.2) is 0 Å². The van der Waals surface area contributed by atoms with Crippen molar-refractivity contribution in [1.29, 1.82) is 0 Å². The summed E-state index contributed by atoms with van der Waals surface area (Å²) in [5.74, 6) is -0.00353. The molecule has 0 radical (unpaired) electrons. The fraction of sp³-hybridized carbons (Fsp3) is 0.929. The molecule has 2 bridgehead atoms. The lowest BCUT2D eigenvalue weighted by Gasteiger charge is -2.32. The molecule has 3 fully saturated rings. The Labute approximate surface area is 108 Å². The largest absolute Gasteiger partial charge is 0.481 e. The first-order valence-electron chi connectivity index (χ1n) is 7.28. The standard InChI is InChI=1S/C14H23NO3/c16-13(17)11-9-3-4-10(7-9)12(11)15-8-14(18)5-1-2-6-14/h9-12,15,18H,1-8H2,(H,16,17). The number of hydrogen-bond acceptors (Lipinski definition) is 3. The lowest BCUT2D eigenvalue weighted by molar-refractivity contribution is -0.144. The molecule has 4 atom stereocenters. The van der Waals surface area contributed by atoms with Crippen molar-refractivity contribution in [3.8, 4) is 0 Å². The van der Waals surface area contributed by atoms with E-state index in [1.165, 1.54) is 0 Å². The van der Waals surface area contributed by atoms with Crippen molar-refractivity contribution in [2.24, 2.45) is 17.8 Å². The van der Waals surface area contributed by atoms with E-state index in [-0.39, 0.29) is 12.0 Å². The Morgan fingerprint density at radius 2 is 1.89 bits per heavy atom.